The highest BCUT2D eigenvalue weighted by molar-refractivity contribution is 7.80. The van der Waals surface area contributed by atoms with Crippen LogP contribution in [0.5, 0.6) is 0 Å². The lowest BCUT2D eigenvalue weighted by molar-refractivity contribution is -0.140. The molecule has 2 aromatic carbocycles. The fourth-order valence-electron chi connectivity index (χ4n) is 3.94. The zero-order valence-electron chi connectivity index (χ0n) is 20.7. The van der Waals surface area contributed by atoms with Gasteiger partial charge in [-0.25, -0.2) is 9.59 Å². The van der Waals surface area contributed by atoms with Gasteiger partial charge in [0.1, 0.15) is 6.61 Å². The molecule has 0 aliphatic carbocycles. The van der Waals surface area contributed by atoms with Crippen LogP contribution in [0.1, 0.15) is 36.6 Å². The van der Waals surface area contributed by atoms with E-state index in [1.807, 2.05) is 69.0 Å². The van der Waals surface area contributed by atoms with Gasteiger partial charge in [-0.15, -0.1) is 0 Å². The number of ether oxygens (including phenoxy) is 2. The van der Waals surface area contributed by atoms with Gasteiger partial charge >= 0.3 is 12.0 Å². The lowest BCUT2D eigenvalue weighted by Gasteiger charge is -2.37. The summed E-state index contributed by atoms with van der Waals surface area (Å²) in [4.78, 5) is 27.6. The van der Waals surface area contributed by atoms with E-state index in [0.717, 1.165) is 28.1 Å². The van der Waals surface area contributed by atoms with E-state index in [1.165, 1.54) is 0 Å². The lowest BCUT2D eigenvalue weighted by Crippen LogP contribution is -2.47. The van der Waals surface area contributed by atoms with Crippen molar-refractivity contribution in [3.63, 3.8) is 0 Å². The maximum atomic E-state index is 13.0. The van der Waals surface area contributed by atoms with Crippen LogP contribution in [0.2, 0.25) is 0 Å². The predicted octanol–water partition coefficient (Wildman–Crippen LogP) is 4.66. The van der Waals surface area contributed by atoms with Crippen molar-refractivity contribution in [2.75, 3.05) is 37.5 Å². The second-order valence-corrected chi connectivity index (χ2v) is 8.59. The Balaban J connectivity index is 1.85. The molecule has 1 unspecified atom stereocenters. The van der Waals surface area contributed by atoms with Crippen LogP contribution in [0.4, 0.5) is 16.2 Å². The molecule has 1 atom stereocenters. The molecule has 1 aliphatic rings. The van der Waals surface area contributed by atoms with Crippen LogP contribution in [0.25, 0.3) is 0 Å². The number of methoxy groups -OCH3 is 1. The van der Waals surface area contributed by atoms with E-state index >= 15 is 0 Å². The van der Waals surface area contributed by atoms with Gasteiger partial charge in [0.2, 0.25) is 0 Å². The molecule has 2 aromatic rings. The van der Waals surface area contributed by atoms with E-state index in [2.05, 4.69) is 16.0 Å². The van der Waals surface area contributed by atoms with Crippen LogP contribution >= 0.6 is 12.2 Å². The number of nitrogens with zero attached hydrogens (tertiary/aromatic N) is 1. The van der Waals surface area contributed by atoms with Crippen molar-refractivity contribution < 1.29 is 19.1 Å². The molecule has 8 nitrogen and oxygen atoms in total. The van der Waals surface area contributed by atoms with Crippen LogP contribution in [0.15, 0.2) is 53.7 Å². The molecule has 0 bridgehead atoms. The highest BCUT2D eigenvalue weighted by Gasteiger charge is 2.34. The Morgan fingerprint density at radius 2 is 1.83 bits per heavy atom. The van der Waals surface area contributed by atoms with Gasteiger partial charge in [0.15, 0.2) is 5.11 Å². The number of nitrogens with one attached hydrogen (secondary N) is 3. The SMILES string of the molecule is CCN1C(=S)NC(c2cccc(NC(=O)Nc3cccc(C)c3C)c2)C(C(=O)OCCOC)=C1C. The molecule has 0 radical (unpaired) electrons. The van der Waals surface area contributed by atoms with E-state index in [-0.39, 0.29) is 12.6 Å². The minimum atomic E-state index is -0.524. The van der Waals surface area contributed by atoms with Crippen molar-refractivity contribution in [3.8, 4) is 0 Å². The summed E-state index contributed by atoms with van der Waals surface area (Å²) in [6.07, 6.45) is 0. The van der Waals surface area contributed by atoms with Gasteiger partial charge in [-0.3, -0.25) is 0 Å². The summed E-state index contributed by atoms with van der Waals surface area (Å²) >= 11 is 5.55. The molecule has 2 amide bonds. The Morgan fingerprint density at radius 3 is 2.54 bits per heavy atom. The molecule has 3 N–H and O–H groups in total. The molecular weight excluding hydrogens is 464 g/mol. The molecule has 9 heteroatoms. The zero-order valence-corrected chi connectivity index (χ0v) is 21.5. The Morgan fingerprint density at radius 1 is 1.09 bits per heavy atom. The minimum Gasteiger partial charge on any atom is -0.460 e. The number of aryl methyl sites for hydroxylation is 1. The van der Waals surface area contributed by atoms with Crippen LogP contribution in [-0.4, -0.2) is 48.9 Å². The second-order valence-electron chi connectivity index (χ2n) is 8.21. The first-order valence-corrected chi connectivity index (χ1v) is 11.9. The van der Waals surface area contributed by atoms with Gasteiger partial charge in [0.25, 0.3) is 0 Å². The average Bonchev–Trinajstić information content (AvgIpc) is 2.82. The number of anilines is 2. The van der Waals surface area contributed by atoms with Gasteiger partial charge in [-0.05, 0) is 74.8 Å². The van der Waals surface area contributed by atoms with Crippen LogP contribution in [0.3, 0.4) is 0 Å². The molecule has 186 valence electrons. The minimum absolute atomic E-state index is 0.148. The Kier molecular flexibility index (Phi) is 8.84. The third kappa shape index (κ3) is 6.17. The van der Waals surface area contributed by atoms with Gasteiger partial charge in [0.05, 0.1) is 18.2 Å². The van der Waals surface area contributed by atoms with E-state index < -0.39 is 12.0 Å². The number of benzene rings is 2. The van der Waals surface area contributed by atoms with Gasteiger partial charge in [-0.1, -0.05) is 24.3 Å². The second kappa shape index (κ2) is 11.8. The smallest absolute Gasteiger partial charge is 0.338 e. The molecule has 1 heterocycles. The molecule has 0 aromatic heterocycles. The highest BCUT2D eigenvalue weighted by Crippen LogP contribution is 2.32. The molecule has 35 heavy (non-hydrogen) atoms. The van der Waals surface area contributed by atoms with Crippen molar-refractivity contribution in [1.29, 1.82) is 0 Å². The molecule has 3 rings (SSSR count). The number of rotatable bonds is 8. The summed E-state index contributed by atoms with van der Waals surface area (Å²) in [6.45, 7) is 8.85. The summed E-state index contributed by atoms with van der Waals surface area (Å²) in [5, 5.41) is 9.55. The Hall–Kier alpha value is -3.43. The molecule has 0 spiro atoms. The van der Waals surface area contributed by atoms with Gasteiger partial charge in [0, 0.05) is 30.7 Å². The van der Waals surface area contributed by atoms with Crippen molar-refractivity contribution in [2.24, 2.45) is 0 Å². The van der Waals surface area contributed by atoms with Crippen LogP contribution in [-0.2, 0) is 14.3 Å². The fourth-order valence-corrected chi connectivity index (χ4v) is 4.32. The first-order valence-electron chi connectivity index (χ1n) is 11.5. The number of carbonyl (C=O) groups is 2. The Bertz CT molecular complexity index is 1150. The molecule has 0 saturated carbocycles. The van der Waals surface area contributed by atoms with Crippen molar-refractivity contribution >= 4 is 40.7 Å². The number of allylic oxidation sites excluding steroid dienone is 1. The topological polar surface area (TPSA) is 91.9 Å². The van der Waals surface area contributed by atoms with E-state index in [0.29, 0.717) is 29.5 Å². The third-order valence-electron chi connectivity index (χ3n) is 5.98. The van der Waals surface area contributed by atoms with Crippen molar-refractivity contribution in [3.05, 3.63) is 70.4 Å². The fraction of sp³-hybridized carbons (Fsp3) is 0.346. The zero-order chi connectivity index (χ0) is 25.5. The lowest BCUT2D eigenvalue weighted by atomic mass is 9.94. The van der Waals surface area contributed by atoms with Gasteiger partial charge < -0.3 is 30.3 Å². The molecule has 1 aliphatic heterocycles. The first-order chi connectivity index (χ1) is 16.8. The standard InChI is InChI=1S/C26H32N4O4S/c1-6-30-18(4)22(24(31)34-14-13-33-5)23(29-26(30)35)19-10-8-11-20(15-19)27-25(32)28-21-12-7-9-16(2)17(21)3/h7-12,15,23H,6,13-14H2,1-5H3,(H,29,35)(H2,27,28,32). The quantitative estimate of drug-likeness (QED) is 0.278. The van der Waals surface area contributed by atoms with Gasteiger partial charge in [-0.2, -0.15) is 0 Å². The normalized spacial score (nSPS) is 15.5. The van der Waals surface area contributed by atoms with Crippen molar-refractivity contribution in [1.82, 2.24) is 10.2 Å². The summed E-state index contributed by atoms with van der Waals surface area (Å²) in [5.74, 6) is -0.441. The molecular formula is C26H32N4O4S. The number of hydrogen-bond donors (Lipinski definition) is 3. The number of esters is 1. The first kappa shape index (κ1) is 26.2. The van der Waals surface area contributed by atoms with Crippen LogP contribution in [0, 0.1) is 13.8 Å². The number of thiocarbonyl (C=S) groups is 1. The largest absolute Gasteiger partial charge is 0.460 e. The molecule has 0 saturated heterocycles. The predicted molar refractivity (Wildman–Crippen MR) is 141 cm³/mol. The maximum absolute atomic E-state index is 13.0. The third-order valence-corrected chi connectivity index (χ3v) is 6.32. The summed E-state index contributed by atoms with van der Waals surface area (Å²) in [5.41, 5.74) is 5.40. The average molecular weight is 497 g/mol. The number of carbonyl (C=O) groups excluding carboxylic acids is 2. The summed E-state index contributed by atoms with van der Waals surface area (Å²) < 4.78 is 10.4. The number of amides is 2. The van der Waals surface area contributed by atoms with E-state index in [1.54, 1.807) is 13.2 Å². The van der Waals surface area contributed by atoms with Crippen molar-refractivity contribution in [2.45, 2.75) is 33.7 Å². The highest BCUT2D eigenvalue weighted by atomic mass is 32.1. The van der Waals surface area contributed by atoms with E-state index in [4.69, 9.17) is 21.7 Å². The molecule has 0 fully saturated rings. The summed E-state index contributed by atoms with van der Waals surface area (Å²) in [7, 11) is 1.55. The monoisotopic (exact) mass is 496 g/mol. The number of hydrogen-bond acceptors (Lipinski definition) is 5. The number of urea groups is 1. The van der Waals surface area contributed by atoms with E-state index in [9.17, 15) is 9.59 Å². The van der Waals surface area contributed by atoms with Crippen LogP contribution < -0.4 is 16.0 Å². The summed E-state index contributed by atoms with van der Waals surface area (Å²) in [6, 6.07) is 12.2. The maximum Gasteiger partial charge on any atom is 0.338 e. The Labute approximate surface area is 211 Å².